The number of furan rings is 1. The van der Waals surface area contributed by atoms with Crippen molar-refractivity contribution in [2.45, 2.75) is 13.1 Å². The smallest absolute Gasteiger partial charge is 0.235 e. The van der Waals surface area contributed by atoms with Crippen molar-refractivity contribution in [3.05, 3.63) is 59.8 Å². The fourth-order valence-electron chi connectivity index (χ4n) is 1.92. The van der Waals surface area contributed by atoms with Crippen LogP contribution in [0.3, 0.4) is 0 Å². The first kappa shape index (κ1) is 17.2. The Labute approximate surface area is 134 Å². The molecule has 0 bridgehead atoms. The molecule has 8 heteroatoms. The lowest BCUT2D eigenvalue weighted by Crippen LogP contribution is -2.39. The summed E-state index contributed by atoms with van der Waals surface area (Å²) in [6.45, 7) is -0.448. The second-order valence-corrected chi connectivity index (χ2v) is 6.96. The Morgan fingerprint density at radius 2 is 2.00 bits per heavy atom. The molecule has 1 aromatic heterocycles. The van der Waals surface area contributed by atoms with E-state index in [0.717, 1.165) is 10.6 Å². The average Bonchev–Trinajstić information content (AvgIpc) is 2.99. The van der Waals surface area contributed by atoms with Crippen molar-refractivity contribution in [1.82, 2.24) is 9.62 Å². The number of amides is 1. The zero-order chi connectivity index (χ0) is 16.9. The third-order valence-corrected chi connectivity index (χ3v) is 4.33. The number of rotatable bonds is 7. The molecule has 124 valence electrons. The van der Waals surface area contributed by atoms with E-state index in [-0.39, 0.29) is 18.7 Å². The van der Waals surface area contributed by atoms with Gasteiger partial charge in [-0.15, -0.1) is 0 Å². The zero-order valence-corrected chi connectivity index (χ0v) is 13.3. The highest BCUT2D eigenvalue weighted by Gasteiger charge is 2.21. The van der Waals surface area contributed by atoms with Gasteiger partial charge in [-0.2, -0.15) is 4.31 Å². The van der Waals surface area contributed by atoms with Crippen LogP contribution in [0.1, 0.15) is 11.3 Å². The summed E-state index contributed by atoms with van der Waals surface area (Å²) < 4.78 is 43.3. The summed E-state index contributed by atoms with van der Waals surface area (Å²) in [7, 11) is -3.66. The standard InChI is InChI=1S/C15H17FN2O4S/c1-23(20,21)18(10-12-5-2-3-7-14(12)16)11-15(19)17-9-13-6-4-8-22-13/h2-8H,9-11H2,1H3,(H,17,19). The molecule has 23 heavy (non-hydrogen) atoms. The predicted octanol–water partition coefficient (Wildman–Crippen LogP) is 1.50. The van der Waals surface area contributed by atoms with Crippen LogP contribution < -0.4 is 5.32 Å². The van der Waals surface area contributed by atoms with E-state index < -0.39 is 28.3 Å². The van der Waals surface area contributed by atoms with Crippen LogP contribution in [0.5, 0.6) is 0 Å². The molecule has 1 aromatic carbocycles. The lowest BCUT2D eigenvalue weighted by molar-refractivity contribution is -0.121. The van der Waals surface area contributed by atoms with Gasteiger partial charge in [-0.3, -0.25) is 4.79 Å². The minimum absolute atomic E-state index is 0.156. The van der Waals surface area contributed by atoms with Crippen LogP contribution in [0, 0.1) is 5.82 Å². The molecule has 2 rings (SSSR count). The molecule has 0 saturated heterocycles. The Hall–Kier alpha value is -2.19. The monoisotopic (exact) mass is 340 g/mol. The lowest BCUT2D eigenvalue weighted by Gasteiger charge is -2.19. The van der Waals surface area contributed by atoms with E-state index in [2.05, 4.69) is 5.32 Å². The predicted molar refractivity (Wildman–Crippen MR) is 82.2 cm³/mol. The first-order valence-electron chi connectivity index (χ1n) is 6.84. The van der Waals surface area contributed by atoms with Crippen LogP contribution >= 0.6 is 0 Å². The number of hydrogen-bond donors (Lipinski definition) is 1. The minimum Gasteiger partial charge on any atom is -0.467 e. The molecule has 0 unspecified atom stereocenters. The molecule has 2 aromatic rings. The third kappa shape index (κ3) is 5.19. The highest BCUT2D eigenvalue weighted by atomic mass is 32.2. The number of benzene rings is 1. The second-order valence-electron chi connectivity index (χ2n) is 4.98. The summed E-state index contributed by atoms with van der Waals surface area (Å²) in [6, 6.07) is 9.22. The van der Waals surface area contributed by atoms with Gasteiger partial charge < -0.3 is 9.73 Å². The van der Waals surface area contributed by atoms with E-state index in [1.807, 2.05) is 0 Å². The first-order chi connectivity index (χ1) is 10.9. The van der Waals surface area contributed by atoms with Crippen molar-refractivity contribution in [1.29, 1.82) is 0 Å². The number of nitrogens with one attached hydrogen (secondary N) is 1. The van der Waals surface area contributed by atoms with Gasteiger partial charge in [0.1, 0.15) is 11.6 Å². The maximum absolute atomic E-state index is 13.7. The molecule has 1 heterocycles. The van der Waals surface area contributed by atoms with Gasteiger partial charge in [-0.1, -0.05) is 18.2 Å². The van der Waals surface area contributed by atoms with Crippen LogP contribution in [-0.4, -0.2) is 31.4 Å². The molecule has 0 spiro atoms. The largest absolute Gasteiger partial charge is 0.467 e. The molecule has 0 fully saturated rings. The molecule has 0 atom stereocenters. The van der Waals surface area contributed by atoms with Gasteiger partial charge in [0.25, 0.3) is 0 Å². The molecule has 0 aliphatic carbocycles. The van der Waals surface area contributed by atoms with Crippen LogP contribution in [0.25, 0.3) is 0 Å². The maximum atomic E-state index is 13.7. The van der Waals surface area contributed by atoms with Crippen LogP contribution in [0.2, 0.25) is 0 Å². The zero-order valence-electron chi connectivity index (χ0n) is 12.5. The van der Waals surface area contributed by atoms with E-state index in [4.69, 9.17) is 4.42 Å². The summed E-state index contributed by atoms with van der Waals surface area (Å²) in [6.07, 6.45) is 2.45. The molecule has 0 aliphatic rings. The minimum atomic E-state index is -3.66. The molecule has 0 saturated carbocycles. The molecular weight excluding hydrogens is 323 g/mol. The van der Waals surface area contributed by atoms with E-state index in [0.29, 0.717) is 5.76 Å². The maximum Gasteiger partial charge on any atom is 0.235 e. The Morgan fingerprint density at radius 3 is 2.61 bits per heavy atom. The Morgan fingerprint density at radius 1 is 1.26 bits per heavy atom. The highest BCUT2D eigenvalue weighted by Crippen LogP contribution is 2.12. The lowest BCUT2D eigenvalue weighted by atomic mass is 10.2. The molecule has 6 nitrogen and oxygen atoms in total. The fourth-order valence-corrected chi connectivity index (χ4v) is 2.65. The van der Waals surface area contributed by atoms with Gasteiger partial charge in [0.05, 0.1) is 25.6 Å². The van der Waals surface area contributed by atoms with Crippen molar-refractivity contribution in [3.8, 4) is 0 Å². The quantitative estimate of drug-likeness (QED) is 0.828. The van der Waals surface area contributed by atoms with E-state index in [1.54, 1.807) is 18.2 Å². The summed E-state index contributed by atoms with van der Waals surface area (Å²) in [5.74, 6) is -0.460. The van der Waals surface area contributed by atoms with Crippen LogP contribution in [0.15, 0.2) is 47.1 Å². The molecule has 0 aliphatic heterocycles. The summed E-state index contributed by atoms with van der Waals surface area (Å²) in [5.41, 5.74) is 0.205. The Balaban J connectivity index is 2.01. The summed E-state index contributed by atoms with van der Waals surface area (Å²) >= 11 is 0. The molecule has 1 amide bonds. The van der Waals surface area contributed by atoms with E-state index in [9.17, 15) is 17.6 Å². The number of carbonyl (C=O) groups excluding carboxylic acids is 1. The first-order valence-corrected chi connectivity index (χ1v) is 8.68. The molecule has 0 radical (unpaired) electrons. The highest BCUT2D eigenvalue weighted by molar-refractivity contribution is 7.88. The van der Waals surface area contributed by atoms with Crippen LogP contribution in [-0.2, 0) is 27.9 Å². The summed E-state index contributed by atoms with van der Waals surface area (Å²) in [5, 5.41) is 2.56. The number of halogens is 1. The SMILES string of the molecule is CS(=O)(=O)N(CC(=O)NCc1ccco1)Cc1ccccc1F. The number of carbonyl (C=O) groups is 1. The average molecular weight is 340 g/mol. The van der Waals surface area contributed by atoms with Crippen molar-refractivity contribution in [3.63, 3.8) is 0 Å². The Bertz CT molecular complexity index is 760. The number of hydrogen-bond acceptors (Lipinski definition) is 4. The summed E-state index contributed by atoms with van der Waals surface area (Å²) in [4.78, 5) is 11.9. The van der Waals surface area contributed by atoms with Gasteiger partial charge >= 0.3 is 0 Å². The number of nitrogens with zero attached hydrogens (tertiary/aromatic N) is 1. The topological polar surface area (TPSA) is 79.6 Å². The van der Waals surface area contributed by atoms with E-state index in [1.165, 1.54) is 24.5 Å². The fraction of sp³-hybridized carbons (Fsp3) is 0.267. The van der Waals surface area contributed by atoms with Gasteiger partial charge in [-0.05, 0) is 18.2 Å². The van der Waals surface area contributed by atoms with Crippen molar-refractivity contribution >= 4 is 15.9 Å². The van der Waals surface area contributed by atoms with Crippen molar-refractivity contribution < 1.29 is 22.0 Å². The van der Waals surface area contributed by atoms with Gasteiger partial charge in [0.15, 0.2) is 0 Å². The van der Waals surface area contributed by atoms with Gasteiger partial charge in [-0.25, -0.2) is 12.8 Å². The van der Waals surface area contributed by atoms with Gasteiger partial charge in [0.2, 0.25) is 15.9 Å². The van der Waals surface area contributed by atoms with Gasteiger partial charge in [0, 0.05) is 12.1 Å². The Kier molecular flexibility index (Phi) is 5.51. The number of sulfonamides is 1. The van der Waals surface area contributed by atoms with Crippen LogP contribution in [0.4, 0.5) is 4.39 Å². The second kappa shape index (κ2) is 7.38. The van der Waals surface area contributed by atoms with E-state index >= 15 is 0 Å². The molecular formula is C15H17FN2O4S. The van der Waals surface area contributed by atoms with Crippen molar-refractivity contribution in [2.75, 3.05) is 12.8 Å². The third-order valence-electron chi connectivity index (χ3n) is 3.13. The van der Waals surface area contributed by atoms with Crippen molar-refractivity contribution in [2.24, 2.45) is 0 Å². The molecule has 1 N–H and O–H groups in total. The normalized spacial score (nSPS) is 11.6.